The Bertz CT molecular complexity index is 942. The van der Waals surface area contributed by atoms with Gasteiger partial charge in [-0.3, -0.25) is 14.6 Å². The van der Waals surface area contributed by atoms with Crippen molar-refractivity contribution in [2.75, 3.05) is 11.9 Å². The van der Waals surface area contributed by atoms with Crippen molar-refractivity contribution in [3.8, 4) is 11.4 Å². The van der Waals surface area contributed by atoms with E-state index in [2.05, 4.69) is 20.4 Å². The molecule has 0 unspecified atom stereocenters. The second-order valence-electron chi connectivity index (χ2n) is 6.17. The standard InChI is InChI=1S/C19H17N5O3/c25-17(21-14-5-2-1-3-6-14)19(26)24-12-4-7-15(24)18-22-16(23-27-18)13-8-10-20-11-9-13/h1-3,5-6,8-11,15H,4,7,12H2,(H,21,25)/t15-/m0/s1. The molecule has 0 spiro atoms. The fraction of sp³-hybridized carbons (Fsp3) is 0.211. The molecule has 0 radical (unpaired) electrons. The number of nitrogens with one attached hydrogen (secondary N) is 1. The van der Waals surface area contributed by atoms with Gasteiger partial charge in [0.25, 0.3) is 0 Å². The highest BCUT2D eigenvalue weighted by Gasteiger charge is 2.36. The van der Waals surface area contributed by atoms with Gasteiger partial charge in [-0.05, 0) is 37.1 Å². The summed E-state index contributed by atoms with van der Waals surface area (Å²) < 4.78 is 5.37. The van der Waals surface area contributed by atoms with E-state index in [1.165, 1.54) is 4.90 Å². The lowest BCUT2D eigenvalue weighted by atomic mass is 10.2. The van der Waals surface area contributed by atoms with Crippen LogP contribution in [-0.2, 0) is 9.59 Å². The number of anilines is 1. The number of para-hydroxylation sites is 1. The summed E-state index contributed by atoms with van der Waals surface area (Å²) in [6.45, 7) is 0.471. The highest BCUT2D eigenvalue weighted by molar-refractivity contribution is 6.39. The van der Waals surface area contributed by atoms with Crippen LogP contribution in [-0.4, -0.2) is 38.4 Å². The lowest BCUT2D eigenvalue weighted by molar-refractivity contribution is -0.144. The van der Waals surface area contributed by atoms with Crippen molar-refractivity contribution in [1.82, 2.24) is 20.0 Å². The van der Waals surface area contributed by atoms with Gasteiger partial charge in [0.15, 0.2) is 0 Å². The van der Waals surface area contributed by atoms with Crippen LogP contribution >= 0.6 is 0 Å². The van der Waals surface area contributed by atoms with Gasteiger partial charge in [-0.1, -0.05) is 23.4 Å². The smallest absolute Gasteiger partial charge is 0.313 e. The van der Waals surface area contributed by atoms with Crippen molar-refractivity contribution in [3.05, 3.63) is 60.7 Å². The van der Waals surface area contributed by atoms with Crippen molar-refractivity contribution in [2.24, 2.45) is 0 Å². The number of nitrogens with zero attached hydrogens (tertiary/aromatic N) is 4. The van der Waals surface area contributed by atoms with E-state index in [-0.39, 0.29) is 0 Å². The van der Waals surface area contributed by atoms with Crippen LogP contribution in [0.25, 0.3) is 11.4 Å². The van der Waals surface area contributed by atoms with Gasteiger partial charge in [0.1, 0.15) is 6.04 Å². The number of amides is 2. The van der Waals surface area contributed by atoms with E-state index in [1.54, 1.807) is 48.8 Å². The summed E-state index contributed by atoms with van der Waals surface area (Å²) in [4.78, 5) is 34.8. The first-order valence-corrected chi connectivity index (χ1v) is 8.63. The van der Waals surface area contributed by atoms with Crippen molar-refractivity contribution in [2.45, 2.75) is 18.9 Å². The summed E-state index contributed by atoms with van der Waals surface area (Å²) in [7, 11) is 0. The van der Waals surface area contributed by atoms with Crippen molar-refractivity contribution < 1.29 is 14.1 Å². The Kier molecular flexibility index (Phi) is 4.61. The monoisotopic (exact) mass is 363 g/mol. The zero-order chi connectivity index (χ0) is 18.6. The molecular weight excluding hydrogens is 346 g/mol. The average Bonchev–Trinajstić information content (AvgIpc) is 3.38. The molecule has 0 saturated carbocycles. The molecule has 1 N–H and O–H groups in total. The third-order valence-electron chi connectivity index (χ3n) is 4.40. The molecule has 1 aliphatic heterocycles. The zero-order valence-electron chi connectivity index (χ0n) is 14.4. The van der Waals surface area contributed by atoms with Gasteiger partial charge in [-0.2, -0.15) is 4.98 Å². The number of hydrogen-bond donors (Lipinski definition) is 1. The maximum absolute atomic E-state index is 12.6. The summed E-state index contributed by atoms with van der Waals surface area (Å²) in [5.41, 5.74) is 1.35. The molecule has 0 aliphatic carbocycles. The zero-order valence-corrected chi connectivity index (χ0v) is 14.4. The fourth-order valence-corrected chi connectivity index (χ4v) is 3.09. The number of hydrogen-bond acceptors (Lipinski definition) is 6. The second-order valence-corrected chi connectivity index (χ2v) is 6.17. The van der Waals surface area contributed by atoms with E-state index in [0.717, 1.165) is 12.0 Å². The maximum Gasteiger partial charge on any atom is 0.313 e. The summed E-state index contributed by atoms with van der Waals surface area (Å²) in [6, 6.07) is 12.0. The predicted molar refractivity (Wildman–Crippen MR) is 96.3 cm³/mol. The van der Waals surface area contributed by atoms with E-state index < -0.39 is 17.9 Å². The molecule has 136 valence electrons. The number of aromatic nitrogens is 3. The second kappa shape index (κ2) is 7.36. The van der Waals surface area contributed by atoms with Crippen LogP contribution in [0.4, 0.5) is 5.69 Å². The third kappa shape index (κ3) is 3.55. The molecule has 2 aromatic heterocycles. The first-order valence-electron chi connectivity index (χ1n) is 8.63. The van der Waals surface area contributed by atoms with Crippen LogP contribution in [0.5, 0.6) is 0 Å². The molecule has 3 heterocycles. The van der Waals surface area contributed by atoms with Crippen LogP contribution < -0.4 is 5.32 Å². The van der Waals surface area contributed by atoms with E-state index in [1.807, 2.05) is 6.07 Å². The Hall–Kier alpha value is -3.55. The molecule has 27 heavy (non-hydrogen) atoms. The van der Waals surface area contributed by atoms with Gasteiger partial charge in [-0.25, -0.2) is 0 Å². The fourth-order valence-electron chi connectivity index (χ4n) is 3.09. The van der Waals surface area contributed by atoms with Gasteiger partial charge < -0.3 is 14.7 Å². The molecule has 4 rings (SSSR count). The summed E-state index contributed by atoms with van der Waals surface area (Å²) in [5, 5.41) is 6.60. The Morgan fingerprint density at radius 1 is 1.11 bits per heavy atom. The molecule has 8 nitrogen and oxygen atoms in total. The molecule has 1 saturated heterocycles. The van der Waals surface area contributed by atoms with E-state index in [0.29, 0.717) is 30.4 Å². The summed E-state index contributed by atoms with van der Waals surface area (Å²) in [5.74, 6) is -0.521. The van der Waals surface area contributed by atoms with E-state index >= 15 is 0 Å². The molecule has 1 fully saturated rings. The first kappa shape index (κ1) is 16.9. The summed E-state index contributed by atoms with van der Waals surface area (Å²) >= 11 is 0. The number of benzene rings is 1. The minimum absolute atomic E-state index is 0.333. The molecule has 0 bridgehead atoms. The highest BCUT2D eigenvalue weighted by atomic mass is 16.5. The lowest BCUT2D eigenvalue weighted by Gasteiger charge is -2.21. The van der Waals surface area contributed by atoms with Crippen LogP contribution in [0.3, 0.4) is 0 Å². The van der Waals surface area contributed by atoms with Crippen molar-refractivity contribution >= 4 is 17.5 Å². The van der Waals surface area contributed by atoms with E-state index in [4.69, 9.17) is 4.52 Å². The van der Waals surface area contributed by atoms with Crippen LogP contribution in [0, 0.1) is 0 Å². The molecular formula is C19H17N5O3. The Morgan fingerprint density at radius 2 is 1.89 bits per heavy atom. The van der Waals surface area contributed by atoms with Gasteiger partial charge in [0, 0.05) is 30.2 Å². The molecule has 1 aromatic carbocycles. The number of likely N-dealkylation sites (tertiary alicyclic amines) is 1. The lowest BCUT2D eigenvalue weighted by Crippen LogP contribution is -2.39. The van der Waals surface area contributed by atoms with Crippen molar-refractivity contribution in [3.63, 3.8) is 0 Å². The molecule has 3 aromatic rings. The summed E-state index contributed by atoms with van der Waals surface area (Å²) in [6.07, 6.45) is 4.72. The van der Waals surface area contributed by atoms with Gasteiger partial charge >= 0.3 is 11.8 Å². The Balaban J connectivity index is 1.50. The van der Waals surface area contributed by atoms with Gasteiger partial charge in [0.05, 0.1) is 0 Å². The third-order valence-corrected chi connectivity index (χ3v) is 4.40. The molecule has 8 heteroatoms. The number of carbonyl (C=O) groups is 2. The van der Waals surface area contributed by atoms with Gasteiger partial charge in [0.2, 0.25) is 11.7 Å². The number of carbonyl (C=O) groups excluding carboxylic acids is 2. The first-order chi connectivity index (χ1) is 13.2. The van der Waals surface area contributed by atoms with Gasteiger partial charge in [-0.15, -0.1) is 0 Å². The SMILES string of the molecule is O=C(Nc1ccccc1)C(=O)N1CCC[C@H]1c1nc(-c2ccncc2)no1. The van der Waals surface area contributed by atoms with Crippen molar-refractivity contribution in [1.29, 1.82) is 0 Å². The normalized spacial score (nSPS) is 16.3. The minimum Gasteiger partial charge on any atom is -0.337 e. The largest absolute Gasteiger partial charge is 0.337 e. The topological polar surface area (TPSA) is 101 Å². The Labute approximate surface area is 155 Å². The van der Waals surface area contributed by atoms with Crippen LogP contribution in [0.15, 0.2) is 59.4 Å². The minimum atomic E-state index is -0.679. The molecule has 1 aliphatic rings. The maximum atomic E-state index is 12.6. The van der Waals surface area contributed by atoms with E-state index in [9.17, 15) is 9.59 Å². The average molecular weight is 363 g/mol. The number of pyridine rings is 1. The van der Waals surface area contributed by atoms with Crippen LogP contribution in [0.2, 0.25) is 0 Å². The highest BCUT2D eigenvalue weighted by Crippen LogP contribution is 2.32. The predicted octanol–water partition coefficient (Wildman–Crippen LogP) is 2.43. The molecule has 2 amide bonds. The van der Waals surface area contributed by atoms with Crippen LogP contribution in [0.1, 0.15) is 24.8 Å². The quantitative estimate of drug-likeness (QED) is 0.717. The molecule has 1 atom stereocenters. The number of rotatable bonds is 3. The Morgan fingerprint density at radius 3 is 2.67 bits per heavy atom.